The van der Waals surface area contributed by atoms with Crippen molar-refractivity contribution in [2.45, 2.75) is 11.4 Å². The SMILES string of the molecule is CNCc1cc(OC)c(OC)cc1SC. The average molecular weight is 227 g/mol. The quantitative estimate of drug-likeness (QED) is 0.781. The minimum Gasteiger partial charge on any atom is -0.493 e. The molecule has 1 rings (SSSR count). The first-order valence-electron chi connectivity index (χ1n) is 4.70. The van der Waals surface area contributed by atoms with Crippen molar-refractivity contribution >= 4 is 11.8 Å². The van der Waals surface area contributed by atoms with Gasteiger partial charge >= 0.3 is 0 Å². The van der Waals surface area contributed by atoms with Gasteiger partial charge in [-0.25, -0.2) is 0 Å². The Morgan fingerprint density at radius 3 is 2.27 bits per heavy atom. The van der Waals surface area contributed by atoms with Crippen molar-refractivity contribution in [1.29, 1.82) is 0 Å². The number of benzene rings is 1. The van der Waals surface area contributed by atoms with E-state index < -0.39 is 0 Å². The van der Waals surface area contributed by atoms with Crippen LogP contribution in [0, 0.1) is 0 Å². The van der Waals surface area contributed by atoms with Gasteiger partial charge in [0.1, 0.15) is 0 Å². The van der Waals surface area contributed by atoms with E-state index in [9.17, 15) is 0 Å². The van der Waals surface area contributed by atoms with E-state index in [0.717, 1.165) is 18.0 Å². The Morgan fingerprint density at radius 1 is 1.20 bits per heavy atom. The molecular weight excluding hydrogens is 210 g/mol. The fourth-order valence-electron chi connectivity index (χ4n) is 1.42. The maximum Gasteiger partial charge on any atom is 0.161 e. The Hall–Kier alpha value is -0.870. The normalized spacial score (nSPS) is 10.1. The molecule has 0 aliphatic carbocycles. The van der Waals surface area contributed by atoms with Crippen LogP contribution >= 0.6 is 11.8 Å². The van der Waals surface area contributed by atoms with Crippen LogP contribution in [-0.4, -0.2) is 27.5 Å². The smallest absolute Gasteiger partial charge is 0.161 e. The zero-order valence-corrected chi connectivity index (χ0v) is 10.4. The monoisotopic (exact) mass is 227 g/mol. The van der Waals surface area contributed by atoms with Crippen LogP contribution in [0.1, 0.15) is 5.56 Å². The molecule has 0 heterocycles. The van der Waals surface area contributed by atoms with Gasteiger partial charge in [0.05, 0.1) is 14.2 Å². The van der Waals surface area contributed by atoms with Gasteiger partial charge in [-0.1, -0.05) is 0 Å². The van der Waals surface area contributed by atoms with Crippen molar-refractivity contribution in [3.05, 3.63) is 17.7 Å². The summed E-state index contributed by atoms with van der Waals surface area (Å²) in [6.07, 6.45) is 2.06. The third kappa shape index (κ3) is 2.79. The molecule has 0 aromatic heterocycles. The van der Waals surface area contributed by atoms with Crippen LogP contribution in [0.15, 0.2) is 17.0 Å². The van der Waals surface area contributed by atoms with E-state index in [1.807, 2.05) is 19.2 Å². The first-order chi connectivity index (χ1) is 7.26. The van der Waals surface area contributed by atoms with Crippen molar-refractivity contribution in [3.63, 3.8) is 0 Å². The summed E-state index contributed by atoms with van der Waals surface area (Å²) in [5.74, 6) is 1.56. The highest BCUT2D eigenvalue weighted by atomic mass is 32.2. The summed E-state index contributed by atoms with van der Waals surface area (Å²) in [6.45, 7) is 0.830. The molecule has 0 fully saturated rings. The summed E-state index contributed by atoms with van der Waals surface area (Å²) in [4.78, 5) is 1.21. The predicted octanol–water partition coefficient (Wildman–Crippen LogP) is 2.15. The summed E-state index contributed by atoms with van der Waals surface area (Å²) < 4.78 is 10.5. The molecule has 4 heteroatoms. The second-order valence-corrected chi connectivity index (χ2v) is 3.90. The van der Waals surface area contributed by atoms with E-state index in [2.05, 4.69) is 11.6 Å². The van der Waals surface area contributed by atoms with Crippen LogP contribution in [0.5, 0.6) is 11.5 Å². The molecule has 0 aliphatic heterocycles. The van der Waals surface area contributed by atoms with E-state index in [-0.39, 0.29) is 0 Å². The lowest BCUT2D eigenvalue weighted by Gasteiger charge is -2.13. The molecule has 1 aromatic rings. The minimum atomic E-state index is 0.778. The van der Waals surface area contributed by atoms with Crippen molar-refractivity contribution in [1.82, 2.24) is 5.32 Å². The zero-order chi connectivity index (χ0) is 11.3. The molecule has 0 spiro atoms. The van der Waals surface area contributed by atoms with Crippen LogP contribution in [0.2, 0.25) is 0 Å². The van der Waals surface area contributed by atoms with E-state index in [1.54, 1.807) is 26.0 Å². The molecule has 3 nitrogen and oxygen atoms in total. The highest BCUT2D eigenvalue weighted by Crippen LogP contribution is 2.34. The van der Waals surface area contributed by atoms with E-state index >= 15 is 0 Å². The highest BCUT2D eigenvalue weighted by Gasteiger charge is 2.09. The van der Waals surface area contributed by atoms with Gasteiger partial charge in [0.25, 0.3) is 0 Å². The van der Waals surface area contributed by atoms with E-state index in [4.69, 9.17) is 9.47 Å². The molecule has 0 atom stereocenters. The van der Waals surface area contributed by atoms with Crippen LogP contribution in [0.25, 0.3) is 0 Å². The molecule has 0 unspecified atom stereocenters. The predicted molar refractivity (Wildman–Crippen MR) is 64.1 cm³/mol. The van der Waals surface area contributed by atoms with Gasteiger partial charge in [0, 0.05) is 11.4 Å². The molecule has 0 amide bonds. The summed E-state index contributed by atoms with van der Waals surface area (Å²) in [5.41, 5.74) is 1.22. The van der Waals surface area contributed by atoms with Crippen LogP contribution in [0.3, 0.4) is 0 Å². The molecule has 0 saturated carbocycles. The number of rotatable bonds is 5. The number of hydrogen-bond donors (Lipinski definition) is 1. The van der Waals surface area contributed by atoms with Crippen LogP contribution in [0.4, 0.5) is 0 Å². The average Bonchev–Trinajstić information content (AvgIpc) is 2.28. The third-order valence-corrected chi connectivity index (χ3v) is 2.97. The second kappa shape index (κ2) is 5.88. The summed E-state index contributed by atoms with van der Waals surface area (Å²) in [6, 6.07) is 4.03. The number of thioether (sulfide) groups is 1. The molecule has 84 valence electrons. The molecule has 0 saturated heterocycles. The fraction of sp³-hybridized carbons (Fsp3) is 0.455. The standard InChI is InChI=1S/C11H17NO2S/c1-12-7-8-5-9(13-2)10(14-3)6-11(8)15-4/h5-6,12H,7H2,1-4H3. The summed E-state index contributed by atoms with van der Waals surface area (Å²) in [5, 5.41) is 3.14. The number of methoxy groups -OCH3 is 2. The topological polar surface area (TPSA) is 30.5 Å². The molecule has 1 aromatic carbocycles. The van der Waals surface area contributed by atoms with Crippen molar-refractivity contribution in [2.24, 2.45) is 0 Å². The number of nitrogens with one attached hydrogen (secondary N) is 1. The number of hydrogen-bond acceptors (Lipinski definition) is 4. The van der Waals surface area contributed by atoms with Crippen LogP contribution < -0.4 is 14.8 Å². The van der Waals surface area contributed by atoms with Gasteiger partial charge < -0.3 is 14.8 Å². The third-order valence-electron chi connectivity index (χ3n) is 2.15. The highest BCUT2D eigenvalue weighted by molar-refractivity contribution is 7.98. The number of ether oxygens (including phenoxy) is 2. The largest absolute Gasteiger partial charge is 0.493 e. The first kappa shape index (κ1) is 12.2. The Balaban J connectivity index is 3.15. The van der Waals surface area contributed by atoms with Crippen LogP contribution in [-0.2, 0) is 6.54 Å². The summed E-state index contributed by atoms with van der Waals surface area (Å²) >= 11 is 1.71. The lowest BCUT2D eigenvalue weighted by atomic mass is 10.2. The summed E-state index contributed by atoms with van der Waals surface area (Å²) in [7, 11) is 5.24. The maximum atomic E-state index is 5.26. The first-order valence-corrected chi connectivity index (χ1v) is 5.92. The molecule has 0 radical (unpaired) electrons. The Kier molecular flexibility index (Phi) is 4.78. The molecular formula is C11H17NO2S. The van der Waals surface area contributed by atoms with Crippen molar-refractivity contribution in [2.75, 3.05) is 27.5 Å². The zero-order valence-electron chi connectivity index (χ0n) is 9.59. The lowest BCUT2D eigenvalue weighted by molar-refractivity contribution is 0.353. The van der Waals surface area contributed by atoms with E-state index in [0.29, 0.717) is 0 Å². The molecule has 0 bridgehead atoms. The van der Waals surface area contributed by atoms with Gasteiger partial charge in [0.15, 0.2) is 11.5 Å². The Labute approximate surface area is 95.2 Å². The fourth-order valence-corrected chi connectivity index (χ4v) is 2.04. The van der Waals surface area contributed by atoms with Gasteiger partial charge in [-0.2, -0.15) is 0 Å². The van der Waals surface area contributed by atoms with Gasteiger partial charge in [0.2, 0.25) is 0 Å². The Bertz CT molecular complexity index is 329. The van der Waals surface area contributed by atoms with E-state index in [1.165, 1.54) is 10.5 Å². The molecule has 0 aliphatic rings. The Morgan fingerprint density at radius 2 is 1.80 bits per heavy atom. The van der Waals surface area contributed by atoms with Gasteiger partial charge in [-0.05, 0) is 31.0 Å². The molecule has 15 heavy (non-hydrogen) atoms. The van der Waals surface area contributed by atoms with Gasteiger partial charge in [-0.15, -0.1) is 11.8 Å². The molecule has 1 N–H and O–H groups in total. The second-order valence-electron chi connectivity index (χ2n) is 3.05. The minimum absolute atomic E-state index is 0.778. The van der Waals surface area contributed by atoms with Gasteiger partial charge in [-0.3, -0.25) is 0 Å². The maximum absolute atomic E-state index is 5.26. The van der Waals surface area contributed by atoms with Crippen molar-refractivity contribution < 1.29 is 9.47 Å². The lowest BCUT2D eigenvalue weighted by Crippen LogP contribution is -2.06. The van der Waals surface area contributed by atoms with Crippen molar-refractivity contribution in [3.8, 4) is 11.5 Å².